The van der Waals surface area contributed by atoms with Gasteiger partial charge in [-0.2, -0.15) is 5.10 Å². The van der Waals surface area contributed by atoms with E-state index in [9.17, 15) is 0 Å². The van der Waals surface area contributed by atoms with Crippen molar-refractivity contribution in [2.24, 2.45) is 10.9 Å². The van der Waals surface area contributed by atoms with Crippen molar-refractivity contribution in [3.8, 4) is 0 Å². The normalized spacial score (nSPS) is 23.0. The molecule has 1 rings (SSSR count). The predicted molar refractivity (Wildman–Crippen MR) is 65.3 cm³/mol. The Hall–Kier alpha value is -1.51. The molecule has 82 valence electrons. The van der Waals surface area contributed by atoms with Gasteiger partial charge in [-0.1, -0.05) is 18.7 Å². The van der Waals surface area contributed by atoms with Crippen LogP contribution in [-0.4, -0.2) is 17.3 Å². The van der Waals surface area contributed by atoms with Gasteiger partial charge in [-0.15, -0.1) is 0 Å². The van der Waals surface area contributed by atoms with Crippen LogP contribution in [0.4, 0.5) is 0 Å². The minimum absolute atomic E-state index is 0.431. The second kappa shape index (κ2) is 4.82. The topological polar surface area (TPSA) is 41.6 Å². The lowest BCUT2D eigenvalue weighted by molar-refractivity contribution is 0.452. The molecule has 0 aromatic heterocycles. The lowest BCUT2D eigenvalue weighted by Crippen LogP contribution is -2.27. The summed E-state index contributed by atoms with van der Waals surface area (Å²) in [6.07, 6.45) is 6.56. The third kappa shape index (κ3) is 2.29. The Morgan fingerprint density at radius 1 is 1.67 bits per heavy atom. The maximum atomic E-state index is 5.22. The van der Waals surface area contributed by atoms with Crippen molar-refractivity contribution in [2.75, 3.05) is 0 Å². The number of rotatable bonds is 3. The predicted octanol–water partition coefficient (Wildman–Crippen LogP) is 2.39. The Bertz CT molecular complexity index is 337. The van der Waals surface area contributed by atoms with Gasteiger partial charge in [-0.25, -0.2) is 0 Å². The number of hydrogen-bond donors (Lipinski definition) is 1. The van der Waals surface area contributed by atoms with Crippen LogP contribution in [0.25, 0.3) is 0 Å². The summed E-state index contributed by atoms with van der Waals surface area (Å²) < 4.78 is 0. The summed E-state index contributed by atoms with van der Waals surface area (Å²) in [4.78, 5) is 2.12. The summed E-state index contributed by atoms with van der Waals surface area (Å²) in [5.74, 6) is 5.22. The van der Waals surface area contributed by atoms with Crippen molar-refractivity contribution in [3.05, 3.63) is 35.6 Å². The fourth-order valence-electron chi connectivity index (χ4n) is 2.12. The molecular weight excluding hydrogens is 186 g/mol. The molecule has 1 heterocycles. The molecule has 1 unspecified atom stereocenters. The molecule has 0 saturated carbocycles. The molecule has 0 spiro atoms. The van der Waals surface area contributed by atoms with Gasteiger partial charge in [0.2, 0.25) is 0 Å². The molecule has 1 aliphatic heterocycles. The molecule has 0 amide bonds. The highest BCUT2D eigenvalue weighted by Gasteiger charge is 2.25. The highest BCUT2D eigenvalue weighted by molar-refractivity contribution is 5.63. The number of nitrogens with two attached hydrogens (primary N) is 1. The zero-order valence-electron chi connectivity index (χ0n) is 9.70. The average Bonchev–Trinajstić information content (AvgIpc) is 2.43. The van der Waals surface area contributed by atoms with Crippen molar-refractivity contribution in [1.29, 1.82) is 0 Å². The summed E-state index contributed by atoms with van der Waals surface area (Å²) in [5.41, 5.74) is 3.79. The quantitative estimate of drug-likeness (QED) is 0.253. The molecule has 0 aliphatic carbocycles. The van der Waals surface area contributed by atoms with E-state index >= 15 is 0 Å². The Labute approximate surface area is 91.6 Å². The Balaban J connectivity index is 3.06. The van der Waals surface area contributed by atoms with E-state index in [2.05, 4.69) is 37.4 Å². The van der Waals surface area contributed by atoms with Gasteiger partial charge in [0.05, 0.1) is 0 Å². The van der Waals surface area contributed by atoms with E-state index in [0.29, 0.717) is 6.04 Å². The van der Waals surface area contributed by atoms with Gasteiger partial charge in [-0.3, -0.25) is 0 Å². The molecule has 15 heavy (non-hydrogen) atoms. The van der Waals surface area contributed by atoms with Gasteiger partial charge in [0.15, 0.2) is 0 Å². The van der Waals surface area contributed by atoms with E-state index in [0.717, 1.165) is 6.42 Å². The molecule has 3 heteroatoms. The summed E-state index contributed by atoms with van der Waals surface area (Å²) in [6.45, 7) is 10.1. The first-order valence-corrected chi connectivity index (χ1v) is 5.13. The minimum Gasteiger partial charge on any atom is -0.328 e. The van der Waals surface area contributed by atoms with Crippen molar-refractivity contribution in [1.82, 2.24) is 4.90 Å². The van der Waals surface area contributed by atoms with Gasteiger partial charge in [0.25, 0.3) is 0 Å². The summed E-state index contributed by atoms with van der Waals surface area (Å²) in [6, 6.07) is 0.431. The summed E-state index contributed by atoms with van der Waals surface area (Å²) >= 11 is 0. The van der Waals surface area contributed by atoms with Crippen LogP contribution in [0.1, 0.15) is 27.2 Å². The van der Waals surface area contributed by atoms with E-state index in [1.165, 1.54) is 16.8 Å². The van der Waals surface area contributed by atoms with E-state index < -0.39 is 0 Å². The lowest BCUT2D eigenvalue weighted by Gasteiger charge is -2.22. The fourth-order valence-corrected chi connectivity index (χ4v) is 2.12. The van der Waals surface area contributed by atoms with Crippen molar-refractivity contribution < 1.29 is 0 Å². The largest absolute Gasteiger partial charge is 0.328 e. The van der Waals surface area contributed by atoms with E-state index in [1.807, 2.05) is 6.08 Å². The number of hydrogen-bond acceptors (Lipinski definition) is 2. The third-order valence-corrected chi connectivity index (χ3v) is 2.67. The van der Waals surface area contributed by atoms with Crippen molar-refractivity contribution >= 4 is 6.34 Å². The molecule has 0 radical (unpaired) electrons. The molecule has 0 fully saturated rings. The lowest BCUT2D eigenvalue weighted by atomic mass is 10.1. The Kier molecular flexibility index (Phi) is 3.72. The van der Waals surface area contributed by atoms with Crippen LogP contribution in [0.5, 0.6) is 0 Å². The molecule has 0 bridgehead atoms. The van der Waals surface area contributed by atoms with Gasteiger partial charge in [-0.05, 0) is 38.3 Å². The summed E-state index contributed by atoms with van der Waals surface area (Å²) in [5, 5.41) is 3.61. The average molecular weight is 205 g/mol. The number of allylic oxidation sites excluding steroid dienone is 3. The molecule has 1 aliphatic rings. The fraction of sp³-hybridized carbons (Fsp3) is 0.417. The van der Waals surface area contributed by atoms with Crippen LogP contribution in [0, 0.1) is 0 Å². The smallest absolute Gasteiger partial charge is 0.115 e. The number of hydrazone groups is 1. The summed E-state index contributed by atoms with van der Waals surface area (Å²) in [7, 11) is 0. The standard InChI is InChI=1S/C12H19N3/c1-5-6-9(2)12-10(3)7-11(4)15(12)8-14-13/h5-6,8,11H,1,7,13H2,2-4H3/b9-6-,14-8-. The maximum absolute atomic E-state index is 5.22. The van der Waals surface area contributed by atoms with Crippen LogP contribution in [0.3, 0.4) is 0 Å². The van der Waals surface area contributed by atoms with Gasteiger partial charge in [0, 0.05) is 11.7 Å². The molecule has 3 nitrogen and oxygen atoms in total. The minimum atomic E-state index is 0.431. The zero-order valence-corrected chi connectivity index (χ0v) is 9.70. The first-order chi connectivity index (χ1) is 7.11. The first kappa shape index (κ1) is 11.6. The second-order valence-electron chi connectivity index (χ2n) is 3.94. The van der Waals surface area contributed by atoms with Crippen LogP contribution in [0.15, 0.2) is 40.7 Å². The van der Waals surface area contributed by atoms with E-state index in [4.69, 9.17) is 5.84 Å². The van der Waals surface area contributed by atoms with Crippen LogP contribution >= 0.6 is 0 Å². The van der Waals surface area contributed by atoms with Gasteiger partial charge < -0.3 is 10.7 Å². The third-order valence-electron chi connectivity index (χ3n) is 2.67. The van der Waals surface area contributed by atoms with Crippen LogP contribution < -0.4 is 5.84 Å². The van der Waals surface area contributed by atoms with Gasteiger partial charge >= 0.3 is 0 Å². The zero-order chi connectivity index (χ0) is 11.4. The maximum Gasteiger partial charge on any atom is 0.115 e. The SMILES string of the molecule is C=C/C=C(/C)C1=C(C)CC(C)N1/C=N\N. The molecular formula is C12H19N3. The van der Waals surface area contributed by atoms with Crippen LogP contribution in [0.2, 0.25) is 0 Å². The second-order valence-corrected chi connectivity index (χ2v) is 3.94. The molecule has 0 saturated heterocycles. The molecule has 2 N–H and O–H groups in total. The first-order valence-electron chi connectivity index (χ1n) is 5.13. The molecule has 1 atom stereocenters. The highest BCUT2D eigenvalue weighted by Crippen LogP contribution is 2.31. The monoisotopic (exact) mass is 205 g/mol. The Morgan fingerprint density at radius 2 is 2.33 bits per heavy atom. The molecule has 0 aromatic rings. The Morgan fingerprint density at radius 3 is 2.87 bits per heavy atom. The molecule has 0 aromatic carbocycles. The highest BCUT2D eigenvalue weighted by atomic mass is 15.3. The number of nitrogens with zero attached hydrogens (tertiary/aromatic N) is 2. The van der Waals surface area contributed by atoms with Crippen LogP contribution in [-0.2, 0) is 0 Å². The van der Waals surface area contributed by atoms with Crippen molar-refractivity contribution in [3.63, 3.8) is 0 Å². The van der Waals surface area contributed by atoms with Crippen molar-refractivity contribution in [2.45, 2.75) is 33.2 Å². The van der Waals surface area contributed by atoms with E-state index in [1.54, 1.807) is 12.4 Å². The van der Waals surface area contributed by atoms with Gasteiger partial charge in [0.1, 0.15) is 6.34 Å². The van der Waals surface area contributed by atoms with E-state index in [-0.39, 0.29) is 0 Å².